The molecule has 1 unspecified atom stereocenters. The molecule has 3 heteroatoms. The van der Waals surface area contributed by atoms with Crippen molar-refractivity contribution in [1.82, 2.24) is 5.32 Å². The van der Waals surface area contributed by atoms with Gasteiger partial charge in [0.05, 0.1) is 12.6 Å². The van der Waals surface area contributed by atoms with Gasteiger partial charge in [-0.05, 0) is 44.4 Å². The summed E-state index contributed by atoms with van der Waals surface area (Å²) in [7, 11) is 2.05. The zero-order valence-corrected chi connectivity index (χ0v) is 12.8. The predicted octanol–water partition coefficient (Wildman–Crippen LogP) is 3.02. The number of likely N-dealkylation sites (N-methyl/N-ethyl adjacent to an activating group) is 1. The highest BCUT2D eigenvalue weighted by Gasteiger charge is 2.43. The second-order valence-electron chi connectivity index (χ2n) is 5.95. The molecule has 0 aromatic heterocycles. The minimum absolute atomic E-state index is 0.0669. The highest BCUT2D eigenvalue weighted by Crippen LogP contribution is 2.41. The molecule has 2 heterocycles. The van der Waals surface area contributed by atoms with E-state index < -0.39 is 0 Å². The van der Waals surface area contributed by atoms with Gasteiger partial charge in [0.2, 0.25) is 0 Å². The van der Waals surface area contributed by atoms with Gasteiger partial charge in [0, 0.05) is 18.6 Å². The summed E-state index contributed by atoms with van der Waals surface area (Å²) < 4.78 is 11.6. The summed E-state index contributed by atoms with van der Waals surface area (Å²) in [5.41, 5.74) is 1.46. The van der Waals surface area contributed by atoms with Crippen molar-refractivity contribution in [3.05, 3.63) is 47.7 Å². The summed E-state index contributed by atoms with van der Waals surface area (Å²) >= 11 is 0. The van der Waals surface area contributed by atoms with Crippen LogP contribution in [0, 0.1) is 0 Å². The zero-order chi connectivity index (χ0) is 14.5. The van der Waals surface area contributed by atoms with Gasteiger partial charge in [-0.15, -0.1) is 0 Å². The standard InChI is InChI=1S/C18H25NO2/c1-19-17(16-9-5-6-12-21-16)18(10-13-20-14-11-18)15-7-3-2-4-8-15/h2-4,7-9,17,19H,5-6,10-14H2,1H3. The molecule has 0 aliphatic carbocycles. The molecule has 2 aliphatic heterocycles. The minimum Gasteiger partial charge on any atom is -0.497 e. The Morgan fingerprint density at radius 1 is 1.10 bits per heavy atom. The first-order valence-electron chi connectivity index (χ1n) is 8.00. The summed E-state index contributed by atoms with van der Waals surface area (Å²) in [6.45, 7) is 2.48. The largest absolute Gasteiger partial charge is 0.497 e. The fraction of sp³-hybridized carbons (Fsp3) is 0.556. The number of benzene rings is 1. The monoisotopic (exact) mass is 287 g/mol. The van der Waals surface area contributed by atoms with Gasteiger partial charge in [-0.25, -0.2) is 0 Å². The van der Waals surface area contributed by atoms with Gasteiger partial charge >= 0.3 is 0 Å². The topological polar surface area (TPSA) is 30.5 Å². The van der Waals surface area contributed by atoms with E-state index in [2.05, 4.69) is 41.7 Å². The van der Waals surface area contributed by atoms with Crippen molar-refractivity contribution >= 4 is 0 Å². The van der Waals surface area contributed by atoms with Crippen molar-refractivity contribution in [3.63, 3.8) is 0 Å². The minimum atomic E-state index is 0.0669. The molecule has 1 saturated heterocycles. The Morgan fingerprint density at radius 2 is 1.86 bits per heavy atom. The van der Waals surface area contributed by atoms with Crippen LogP contribution in [0.5, 0.6) is 0 Å². The summed E-state index contributed by atoms with van der Waals surface area (Å²) in [4.78, 5) is 0. The Bertz CT molecular complexity index is 477. The molecule has 1 aromatic rings. The lowest BCUT2D eigenvalue weighted by molar-refractivity contribution is 0.0282. The van der Waals surface area contributed by atoms with Gasteiger partial charge in [0.15, 0.2) is 0 Å². The van der Waals surface area contributed by atoms with E-state index in [-0.39, 0.29) is 11.5 Å². The SMILES string of the molecule is CNC(C1=CCCCO1)C1(c2ccccc2)CCOCC1. The zero-order valence-electron chi connectivity index (χ0n) is 12.8. The van der Waals surface area contributed by atoms with E-state index in [0.717, 1.165) is 51.3 Å². The average molecular weight is 287 g/mol. The van der Waals surface area contributed by atoms with E-state index >= 15 is 0 Å². The van der Waals surface area contributed by atoms with E-state index in [1.54, 1.807) is 0 Å². The summed E-state index contributed by atoms with van der Waals surface area (Å²) in [5.74, 6) is 1.12. The van der Waals surface area contributed by atoms with Crippen LogP contribution in [0.2, 0.25) is 0 Å². The lowest BCUT2D eigenvalue weighted by Gasteiger charge is -2.45. The fourth-order valence-electron chi connectivity index (χ4n) is 3.72. The molecular formula is C18H25NO2. The summed E-state index contributed by atoms with van der Waals surface area (Å²) in [6, 6.07) is 11.1. The molecule has 0 spiro atoms. The molecule has 114 valence electrons. The van der Waals surface area contributed by atoms with Crippen LogP contribution in [-0.2, 0) is 14.9 Å². The van der Waals surface area contributed by atoms with Crippen LogP contribution in [0.15, 0.2) is 42.2 Å². The molecule has 0 saturated carbocycles. The number of allylic oxidation sites excluding steroid dienone is 1. The van der Waals surface area contributed by atoms with Crippen LogP contribution in [0.3, 0.4) is 0 Å². The van der Waals surface area contributed by atoms with Crippen LogP contribution in [0.25, 0.3) is 0 Å². The number of ether oxygens (including phenoxy) is 2. The van der Waals surface area contributed by atoms with Crippen molar-refractivity contribution in [2.75, 3.05) is 26.9 Å². The molecule has 0 radical (unpaired) electrons. The molecule has 21 heavy (non-hydrogen) atoms. The molecule has 1 atom stereocenters. The lowest BCUT2D eigenvalue weighted by Crippen LogP contribution is -2.52. The number of nitrogens with one attached hydrogen (secondary N) is 1. The molecule has 3 nitrogen and oxygen atoms in total. The summed E-state index contributed by atoms with van der Waals surface area (Å²) in [6.07, 6.45) is 6.58. The van der Waals surface area contributed by atoms with E-state index in [0.29, 0.717) is 0 Å². The number of rotatable bonds is 4. The highest BCUT2D eigenvalue weighted by atomic mass is 16.5. The smallest absolute Gasteiger partial charge is 0.110 e. The Morgan fingerprint density at radius 3 is 2.48 bits per heavy atom. The van der Waals surface area contributed by atoms with Crippen LogP contribution in [0.4, 0.5) is 0 Å². The molecule has 3 rings (SSSR count). The second kappa shape index (κ2) is 6.63. The third-order valence-electron chi connectivity index (χ3n) is 4.82. The molecule has 2 aliphatic rings. The fourth-order valence-corrected chi connectivity index (χ4v) is 3.72. The molecular weight excluding hydrogens is 262 g/mol. The maximum atomic E-state index is 5.99. The normalized spacial score (nSPS) is 23.0. The van der Waals surface area contributed by atoms with E-state index in [9.17, 15) is 0 Å². The van der Waals surface area contributed by atoms with Crippen LogP contribution in [-0.4, -0.2) is 32.9 Å². The Hall–Kier alpha value is -1.32. The molecule has 0 bridgehead atoms. The van der Waals surface area contributed by atoms with Gasteiger partial charge in [0.1, 0.15) is 5.76 Å². The molecule has 1 fully saturated rings. The van der Waals surface area contributed by atoms with Gasteiger partial charge in [-0.3, -0.25) is 0 Å². The van der Waals surface area contributed by atoms with Crippen molar-refractivity contribution < 1.29 is 9.47 Å². The Labute approximate surface area is 127 Å². The van der Waals surface area contributed by atoms with Gasteiger partial charge in [0.25, 0.3) is 0 Å². The van der Waals surface area contributed by atoms with Gasteiger partial charge < -0.3 is 14.8 Å². The van der Waals surface area contributed by atoms with Crippen molar-refractivity contribution in [2.45, 2.75) is 37.1 Å². The maximum absolute atomic E-state index is 5.99. The Kier molecular flexibility index (Phi) is 4.61. The third-order valence-corrected chi connectivity index (χ3v) is 4.82. The first-order chi connectivity index (χ1) is 10.4. The lowest BCUT2D eigenvalue weighted by atomic mass is 9.68. The quantitative estimate of drug-likeness (QED) is 0.923. The van der Waals surface area contributed by atoms with E-state index in [1.165, 1.54) is 5.56 Å². The van der Waals surface area contributed by atoms with Gasteiger partial charge in [-0.1, -0.05) is 30.3 Å². The number of hydrogen-bond donors (Lipinski definition) is 1. The predicted molar refractivity (Wildman–Crippen MR) is 84.3 cm³/mol. The maximum Gasteiger partial charge on any atom is 0.110 e. The van der Waals surface area contributed by atoms with Crippen LogP contribution >= 0.6 is 0 Å². The molecule has 0 amide bonds. The van der Waals surface area contributed by atoms with E-state index in [1.807, 2.05) is 7.05 Å². The van der Waals surface area contributed by atoms with E-state index in [4.69, 9.17) is 9.47 Å². The highest BCUT2D eigenvalue weighted by molar-refractivity contribution is 5.32. The third kappa shape index (κ3) is 2.85. The first-order valence-corrected chi connectivity index (χ1v) is 8.00. The Balaban J connectivity index is 1.99. The average Bonchev–Trinajstić information content (AvgIpc) is 2.58. The van der Waals surface area contributed by atoms with Crippen molar-refractivity contribution in [1.29, 1.82) is 0 Å². The van der Waals surface area contributed by atoms with Gasteiger partial charge in [-0.2, -0.15) is 0 Å². The molecule has 1 aromatic carbocycles. The first kappa shape index (κ1) is 14.6. The summed E-state index contributed by atoms with van der Waals surface area (Å²) in [5, 5.41) is 3.53. The molecule has 1 N–H and O–H groups in total. The second-order valence-corrected chi connectivity index (χ2v) is 5.95. The van der Waals surface area contributed by atoms with Crippen LogP contribution in [0.1, 0.15) is 31.2 Å². The van der Waals surface area contributed by atoms with Crippen LogP contribution < -0.4 is 5.32 Å². The number of hydrogen-bond acceptors (Lipinski definition) is 3. The van der Waals surface area contributed by atoms with Crippen molar-refractivity contribution in [2.24, 2.45) is 0 Å². The van der Waals surface area contributed by atoms with Crippen molar-refractivity contribution in [3.8, 4) is 0 Å².